The first-order chi connectivity index (χ1) is 15.7. The van der Waals surface area contributed by atoms with Crippen LogP contribution in [0.15, 0.2) is 93.0 Å². The highest BCUT2D eigenvalue weighted by Crippen LogP contribution is 2.39. The molecular weight excluding hydrogens is 424 g/mol. The smallest absolute Gasteiger partial charge is 0.243 e. The number of furan rings is 1. The quantitative estimate of drug-likeness (QED) is 0.268. The van der Waals surface area contributed by atoms with Crippen LogP contribution in [0.2, 0.25) is 0 Å². The van der Waals surface area contributed by atoms with E-state index in [2.05, 4.69) is 15.5 Å². The Hall–Kier alpha value is -3.91. The van der Waals surface area contributed by atoms with Gasteiger partial charge in [-0.1, -0.05) is 65.4 Å². The largest absolute Gasteiger partial charge is 0.461 e. The lowest BCUT2D eigenvalue weighted by Gasteiger charge is -2.17. The monoisotopic (exact) mass is 442 g/mol. The summed E-state index contributed by atoms with van der Waals surface area (Å²) in [6.07, 6.45) is 1.58. The van der Waals surface area contributed by atoms with E-state index in [0.29, 0.717) is 28.2 Å². The number of rotatable bonds is 6. The number of fused-ring (bicyclic) bond motifs is 1. The molecule has 0 aliphatic heterocycles. The molecule has 0 aliphatic carbocycles. The Morgan fingerprint density at radius 2 is 1.81 bits per heavy atom. The van der Waals surface area contributed by atoms with Crippen molar-refractivity contribution in [1.82, 2.24) is 15.1 Å². The molecule has 2 aromatic carbocycles. The van der Waals surface area contributed by atoms with Crippen LogP contribution in [0.25, 0.3) is 22.5 Å². The number of anilines is 1. The van der Waals surface area contributed by atoms with E-state index < -0.39 is 5.25 Å². The highest BCUT2D eigenvalue weighted by Gasteiger charge is 2.25. The Morgan fingerprint density at radius 3 is 2.56 bits per heavy atom. The third-order valence-corrected chi connectivity index (χ3v) is 6.02. The summed E-state index contributed by atoms with van der Waals surface area (Å²) in [5.74, 6) is 1.80. The van der Waals surface area contributed by atoms with Gasteiger partial charge in [0.05, 0.1) is 11.8 Å². The first-order valence-corrected chi connectivity index (χ1v) is 10.8. The molecule has 1 amide bonds. The summed E-state index contributed by atoms with van der Waals surface area (Å²) in [6, 6.07) is 22.6. The predicted molar refractivity (Wildman–Crippen MR) is 122 cm³/mol. The van der Waals surface area contributed by atoms with E-state index in [1.54, 1.807) is 25.3 Å². The SMILES string of the molecule is Cc1cc(NC(=O)C(Sc2nc(-c3ccco3)nc3ccccc23)c2ccccc2)no1. The molecule has 3 heterocycles. The number of amides is 1. The lowest BCUT2D eigenvalue weighted by Crippen LogP contribution is -2.19. The van der Waals surface area contributed by atoms with Gasteiger partial charge in [-0.15, -0.1) is 0 Å². The van der Waals surface area contributed by atoms with Gasteiger partial charge in [0.25, 0.3) is 0 Å². The number of hydrogen-bond acceptors (Lipinski definition) is 7. The Balaban J connectivity index is 1.56. The maximum atomic E-state index is 13.3. The molecule has 0 aliphatic rings. The summed E-state index contributed by atoms with van der Waals surface area (Å²) < 4.78 is 10.6. The summed E-state index contributed by atoms with van der Waals surface area (Å²) >= 11 is 1.35. The summed E-state index contributed by atoms with van der Waals surface area (Å²) in [5, 5.41) is 7.70. The van der Waals surface area contributed by atoms with E-state index in [0.717, 1.165) is 16.5 Å². The minimum Gasteiger partial charge on any atom is -0.461 e. The van der Waals surface area contributed by atoms with Crippen molar-refractivity contribution >= 4 is 34.4 Å². The predicted octanol–water partition coefficient (Wildman–Crippen LogP) is 5.66. The van der Waals surface area contributed by atoms with Gasteiger partial charge in [-0.2, -0.15) is 0 Å². The topological polar surface area (TPSA) is 94.1 Å². The number of aromatic nitrogens is 3. The molecule has 1 N–H and O–H groups in total. The van der Waals surface area contributed by atoms with E-state index >= 15 is 0 Å². The second kappa shape index (κ2) is 8.68. The van der Waals surface area contributed by atoms with Crippen molar-refractivity contribution in [2.24, 2.45) is 0 Å². The molecule has 158 valence electrons. The van der Waals surface area contributed by atoms with Crippen molar-refractivity contribution in [3.8, 4) is 11.6 Å². The zero-order valence-electron chi connectivity index (χ0n) is 17.1. The second-order valence-corrected chi connectivity index (χ2v) is 8.16. The van der Waals surface area contributed by atoms with Gasteiger partial charge in [-0.3, -0.25) is 4.79 Å². The second-order valence-electron chi connectivity index (χ2n) is 7.07. The third kappa shape index (κ3) is 4.13. The van der Waals surface area contributed by atoms with Gasteiger partial charge >= 0.3 is 0 Å². The van der Waals surface area contributed by atoms with Crippen molar-refractivity contribution in [2.45, 2.75) is 17.2 Å². The number of nitrogens with one attached hydrogen (secondary N) is 1. The van der Waals surface area contributed by atoms with Gasteiger partial charge in [0.2, 0.25) is 5.91 Å². The summed E-state index contributed by atoms with van der Waals surface area (Å²) in [7, 11) is 0. The van der Waals surface area contributed by atoms with Crippen LogP contribution in [0.4, 0.5) is 5.82 Å². The molecule has 1 unspecified atom stereocenters. The van der Waals surface area contributed by atoms with Crippen molar-refractivity contribution in [3.05, 3.63) is 90.4 Å². The molecule has 0 bridgehead atoms. The Kier molecular flexibility index (Phi) is 5.43. The molecule has 0 radical (unpaired) electrons. The zero-order valence-corrected chi connectivity index (χ0v) is 17.9. The lowest BCUT2D eigenvalue weighted by atomic mass is 10.1. The molecule has 0 saturated heterocycles. The van der Waals surface area contributed by atoms with Crippen molar-refractivity contribution < 1.29 is 13.7 Å². The Bertz CT molecular complexity index is 1370. The van der Waals surface area contributed by atoms with Crippen molar-refractivity contribution in [1.29, 1.82) is 0 Å². The zero-order chi connectivity index (χ0) is 21.9. The minimum absolute atomic E-state index is 0.225. The molecule has 5 rings (SSSR count). The van der Waals surface area contributed by atoms with Crippen LogP contribution in [0, 0.1) is 6.92 Å². The molecule has 1 atom stereocenters. The van der Waals surface area contributed by atoms with Crippen molar-refractivity contribution in [2.75, 3.05) is 5.32 Å². The fraction of sp³-hybridized carbons (Fsp3) is 0.0833. The van der Waals surface area contributed by atoms with Crippen LogP contribution in [0.1, 0.15) is 16.6 Å². The number of nitrogens with zero attached hydrogens (tertiary/aromatic N) is 3. The average molecular weight is 443 g/mol. The van der Waals surface area contributed by atoms with Crippen LogP contribution < -0.4 is 5.32 Å². The first kappa shape index (κ1) is 20.0. The van der Waals surface area contributed by atoms with Gasteiger partial charge in [0, 0.05) is 11.5 Å². The Morgan fingerprint density at radius 1 is 1.00 bits per heavy atom. The number of hydrogen-bond donors (Lipinski definition) is 1. The molecule has 32 heavy (non-hydrogen) atoms. The van der Waals surface area contributed by atoms with E-state index in [9.17, 15) is 4.79 Å². The first-order valence-electron chi connectivity index (χ1n) is 9.94. The summed E-state index contributed by atoms with van der Waals surface area (Å²) in [4.78, 5) is 22.7. The minimum atomic E-state index is -0.573. The Labute approximate surface area is 187 Å². The molecule has 8 heteroatoms. The van der Waals surface area contributed by atoms with Gasteiger partial charge < -0.3 is 14.3 Å². The van der Waals surface area contributed by atoms with Crippen LogP contribution in [-0.4, -0.2) is 21.0 Å². The normalized spacial score (nSPS) is 12.0. The summed E-state index contributed by atoms with van der Waals surface area (Å²) in [5.41, 5.74) is 1.62. The molecule has 0 fully saturated rings. The van der Waals surface area contributed by atoms with E-state index in [-0.39, 0.29) is 5.91 Å². The van der Waals surface area contributed by atoms with E-state index in [4.69, 9.17) is 13.9 Å². The number of carbonyl (C=O) groups is 1. The lowest BCUT2D eigenvalue weighted by molar-refractivity contribution is -0.115. The number of para-hydroxylation sites is 1. The number of thioether (sulfide) groups is 1. The fourth-order valence-corrected chi connectivity index (χ4v) is 4.40. The third-order valence-electron chi connectivity index (χ3n) is 4.76. The molecule has 0 saturated carbocycles. The number of carbonyl (C=O) groups excluding carboxylic acids is 1. The maximum Gasteiger partial charge on any atom is 0.243 e. The van der Waals surface area contributed by atoms with Crippen LogP contribution in [0.5, 0.6) is 0 Å². The van der Waals surface area contributed by atoms with Crippen LogP contribution >= 0.6 is 11.8 Å². The van der Waals surface area contributed by atoms with E-state index in [1.165, 1.54) is 11.8 Å². The van der Waals surface area contributed by atoms with Gasteiger partial charge in [-0.25, -0.2) is 9.97 Å². The van der Waals surface area contributed by atoms with Crippen molar-refractivity contribution in [3.63, 3.8) is 0 Å². The maximum absolute atomic E-state index is 13.3. The summed E-state index contributed by atoms with van der Waals surface area (Å²) in [6.45, 7) is 1.77. The van der Waals surface area contributed by atoms with Gasteiger partial charge in [0.15, 0.2) is 17.4 Å². The number of benzene rings is 2. The van der Waals surface area contributed by atoms with Crippen LogP contribution in [0.3, 0.4) is 0 Å². The molecule has 5 aromatic rings. The van der Waals surface area contributed by atoms with Gasteiger partial charge in [-0.05, 0) is 30.7 Å². The molecular formula is C24H18N4O3S. The highest BCUT2D eigenvalue weighted by molar-refractivity contribution is 8.00. The molecule has 0 spiro atoms. The van der Waals surface area contributed by atoms with Gasteiger partial charge in [0.1, 0.15) is 16.0 Å². The molecule has 3 aromatic heterocycles. The average Bonchev–Trinajstić information content (AvgIpc) is 3.50. The van der Waals surface area contributed by atoms with Crippen LogP contribution in [-0.2, 0) is 4.79 Å². The molecule has 7 nitrogen and oxygen atoms in total. The highest BCUT2D eigenvalue weighted by atomic mass is 32.2. The fourth-order valence-electron chi connectivity index (χ4n) is 3.28. The van der Waals surface area contributed by atoms with E-state index in [1.807, 2.05) is 60.7 Å². The standard InChI is InChI=1S/C24H18N4O3S/c1-15-14-20(28-31-15)26-23(29)21(16-8-3-2-4-9-16)32-24-17-10-5-6-11-18(17)25-22(27-24)19-12-7-13-30-19/h2-14,21H,1H3,(H,26,28,29). The number of aryl methyl sites for hydroxylation is 1.